The third-order valence-electron chi connectivity index (χ3n) is 4.93. The monoisotopic (exact) mass is 383 g/mol. The average Bonchev–Trinajstić information content (AvgIpc) is 3.12. The molecule has 1 aliphatic heterocycles. The van der Waals surface area contributed by atoms with Crippen LogP contribution >= 0.6 is 0 Å². The number of hydrogen-bond donors (Lipinski definition) is 2. The van der Waals surface area contributed by atoms with Gasteiger partial charge in [0.1, 0.15) is 23.1 Å². The van der Waals surface area contributed by atoms with Gasteiger partial charge in [-0.3, -0.25) is 4.79 Å². The Bertz CT molecular complexity index is 1000. The van der Waals surface area contributed by atoms with Gasteiger partial charge in [0.25, 0.3) is 0 Å². The van der Waals surface area contributed by atoms with Crippen molar-refractivity contribution < 1.29 is 18.7 Å². The Labute approximate surface area is 162 Å². The number of amides is 1. The zero-order chi connectivity index (χ0) is 19.5. The highest BCUT2D eigenvalue weighted by atomic mass is 19.1. The van der Waals surface area contributed by atoms with E-state index in [0.717, 1.165) is 23.5 Å². The number of aryl methyl sites for hydroxylation is 1. The summed E-state index contributed by atoms with van der Waals surface area (Å²) in [4.78, 5) is 19.6. The Hall–Kier alpha value is -3.09. The molecule has 1 unspecified atom stereocenters. The van der Waals surface area contributed by atoms with Crippen LogP contribution in [0, 0.1) is 11.7 Å². The molecule has 0 radical (unpaired) electrons. The van der Waals surface area contributed by atoms with Crippen LogP contribution in [-0.2, 0) is 17.6 Å². The molecule has 28 heavy (non-hydrogen) atoms. The summed E-state index contributed by atoms with van der Waals surface area (Å²) >= 11 is 0. The number of hydrogen-bond acceptors (Lipinski definition) is 4. The summed E-state index contributed by atoms with van der Waals surface area (Å²) in [6, 6.07) is 10.2. The number of carbonyl (C=O) groups excluding carboxylic acids is 1. The molecule has 0 aliphatic carbocycles. The van der Waals surface area contributed by atoms with Crippen molar-refractivity contribution in [3.8, 4) is 11.5 Å². The Kier molecular flexibility index (Phi) is 5.14. The average molecular weight is 383 g/mol. The number of fused-ring (bicyclic) bond motifs is 2. The number of rotatable bonds is 6. The molecule has 0 saturated heterocycles. The predicted molar refractivity (Wildman–Crippen MR) is 103 cm³/mol. The molecule has 0 spiro atoms. The van der Waals surface area contributed by atoms with Crippen molar-refractivity contribution in [1.82, 2.24) is 15.3 Å². The molecular formula is C21H22FN3O3. The number of nitrogens with zero attached hydrogens (tertiary/aromatic N) is 1. The molecule has 1 aromatic heterocycles. The molecule has 0 fully saturated rings. The number of aromatic nitrogens is 2. The van der Waals surface area contributed by atoms with Gasteiger partial charge < -0.3 is 19.8 Å². The number of nitrogens with one attached hydrogen (secondary N) is 2. The fourth-order valence-corrected chi connectivity index (χ4v) is 3.41. The third kappa shape index (κ3) is 4.08. The second kappa shape index (κ2) is 7.88. The van der Waals surface area contributed by atoms with Crippen LogP contribution in [0.5, 0.6) is 11.5 Å². The van der Waals surface area contributed by atoms with E-state index in [4.69, 9.17) is 9.47 Å². The molecule has 2 N–H and O–H groups in total. The molecule has 0 bridgehead atoms. The van der Waals surface area contributed by atoms with E-state index in [1.54, 1.807) is 13.2 Å². The van der Waals surface area contributed by atoms with Crippen LogP contribution < -0.4 is 14.8 Å². The van der Waals surface area contributed by atoms with Crippen molar-refractivity contribution in [2.75, 3.05) is 20.3 Å². The van der Waals surface area contributed by atoms with E-state index in [1.165, 1.54) is 12.1 Å². The van der Waals surface area contributed by atoms with Crippen LogP contribution in [0.25, 0.3) is 11.0 Å². The van der Waals surface area contributed by atoms with Gasteiger partial charge in [-0.1, -0.05) is 6.07 Å². The number of aromatic amines is 1. The molecule has 7 heteroatoms. The number of imidazole rings is 1. The van der Waals surface area contributed by atoms with Gasteiger partial charge in [0.2, 0.25) is 5.91 Å². The lowest BCUT2D eigenvalue weighted by atomic mass is 9.96. The van der Waals surface area contributed by atoms with Crippen molar-refractivity contribution in [3.05, 3.63) is 53.6 Å². The van der Waals surface area contributed by atoms with Gasteiger partial charge >= 0.3 is 0 Å². The first kappa shape index (κ1) is 18.3. The smallest absolute Gasteiger partial charge is 0.220 e. The topological polar surface area (TPSA) is 76.2 Å². The Balaban J connectivity index is 1.26. The lowest BCUT2D eigenvalue weighted by Gasteiger charge is -2.25. The maximum absolute atomic E-state index is 13.2. The standard InChI is InChI=1S/C21H22FN3O3/c1-27-16-4-2-14-8-13(12-28-19(14)10-16)11-23-21(26)7-6-20-24-17-5-3-15(22)9-18(17)25-20/h2-5,9-10,13H,6-8,11-12H2,1H3,(H,23,26)(H,24,25). The first-order valence-corrected chi connectivity index (χ1v) is 9.31. The Morgan fingerprint density at radius 1 is 1.36 bits per heavy atom. The zero-order valence-corrected chi connectivity index (χ0v) is 15.6. The number of H-pyrrole nitrogens is 1. The summed E-state index contributed by atoms with van der Waals surface area (Å²) in [6.07, 6.45) is 1.66. The van der Waals surface area contributed by atoms with E-state index in [-0.39, 0.29) is 17.6 Å². The van der Waals surface area contributed by atoms with Crippen molar-refractivity contribution in [1.29, 1.82) is 0 Å². The summed E-state index contributed by atoms with van der Waals surface area (Å²) in [6.45, 7) is 1.13. The second-order valence-electron chi connectivity index (χ2n) is 7.00. The van der Waals surface area contributed by atoms with E-state index in [2.05, 4.69) is 15.3 Å². The van der Waals surface area contributed by atoms with Crippen LogP contribution in [-0.4, -0.2) is 36.1 Å². The van der Waals surface area contributed by atoms with Gasteiger partial charge in [-0.15, -0.1) is 0 Å². The molecule has 2 heterocycles. The molecule has 0 saturated carbocycles. The molecule has 1 amide bonds. The van der Waals surface area contributed by atoms with E-state index >= 15 is 0 Å². The van der Waals surface area contributed by atoms with Crippen LogP contribution in [0.2, 0.25) is 0 Å². The maximum Gasteiger partial charge on any atom is 0.220 e. The molecule has 1 atom stereocenters. The van der Waals surface area contributed by atoms with Crippen LogP contribution in [0.3, 0.4) is 0 Å². The lowest BCUT2D eigenvalue weighted by Crippen LogP contribution is -2.34. The second-order valence-corrected chi connectivity index (χ2v) is 7.00. The first-order valence-electron chi connectivity index (χ1n) is 9.31. The van der Waals surface area contributed by atoms with Crippen molar-refractivity contribution in [3.63, 3.8) is 0 Å². The SMILES string of the molecule is COc1ccc2c(c1)OCC(CNC(=O)CCc1nc3ccc(F)cc3[nH]1)C2. The number of halogens is 1. The summed E-state index contributed by atoms with van der Waals surface area (Å²) in [5.41, 5.74) is 2.47. The molecule has 1 aliphatic rings. The van der Waals surface area contributed by atoms with Gasteiger partial charge in [0.15, 0.2) is 0 Å². The van der Waals surface area contributed by atoms with Gasteiger partial charge in [0.05, 0.1) is 24.8 Å². The normalized spacial score (nSPS) is 15.7. The minimum Gasteiger partial charge on any atom is -0.497 e. The predicted octanol–water partition coefficient (Wildman–Crippen LogP) is 3.01. The minimum absolute atomic E-state index is 0.0350. The van der Waals surface area contributed by atoms with Gasteiger partial charge in [-0.25, -0.2) is 9.37 Å². The largest absolute Gasteiger partial charge is 0.497 e. The fourth-order valence-electron chi connectivity index (χ4n) is 3.41. The van der Waals surface area contributed by atoms with Gasteiger partial charge in [-0.2, -0.15) is 0 Å². The van der Waals surface area contributed by atoms with Crippen LogP contribution in [0.1, 0.15) is 17.8 Å². The highest BCUT2D eigenvalue weighted by molar-refractivity contribution is 5.77. The molecule has 6 nitrogen and oxygen atoms in total. The van der Waals surface area contributed by atoms with E-state index in [9.17, 15) is 9.18 Å². The van der Waals surface area contributed by atoms with Crippen molar-refractivity contribution >= 4 is 16.9 Å². The summed E-state index contributed by atoms with van der Waals surface area (Å²) in [5, 5.41) is 2.97. The number of ether oxygens (including phenoxy) is 2. The van der Waals surface area contributed by atoms with Gasteiger partial charge in [0, 0.05) is 31.4 Å². The number of benzene rings is 2. The summed E-state index contributed by atoms with van der Waals surface area (Å²) in [7, 11) is 1.63. The van der Waals surface area contributed by atoms with E-state index < -0.39 is 0 Å². The Morgan fingerprint density at radius 2 is 2.25 bits per heavy atom. The molecule has 4 rings (SSSR count). The van der Waals surface area contributed by atoms with Crippen molar-refractivity contribution in [2.24, 2.45) is 5.92 Å². The van der Waals surface area contributed by atoms with E-state index in [1.807, 2.05) is 18.2 Å². The molecule has 3 aromatic rings. The Morgan fingerprint density at radius 3 is 3.11 bits per heavy atom. The summed E-state index contributed by atoms with van der Waals surface area (Å²) in [5.74, 6) is 2.20. The summed E-state index contributed by atoms with van der Waals surface area (Å²) < 4.78 is 24.3. The molecule has 146 valence electrons. The lowest BCUT2D eigenvalue weighted by molar-refractivity contribution is -0.121. The highest BCUT2D eigenvalue weighted by Gasteiger charge is 2.21. The van der Waals surface area contributed by atoms with Crippen LogP contribution in [0.4, 0.5) is 4.39 Å². The van der Waals surface area contributed by atoms with Gasteiger partial charge in [-0.05, 0) is 36.2 Å². The molecular weight excluding hydrogens is 361 g/mol. The molecule has 2 aromatic carbocycles. The van der Waals surface area contributed by atoms with Crippen LogP contribution in [0.15, 0.2) is 36.4 Å². The number of carbonyl (C=O) groups is 1. The minimum atomic E-state index is -0.310. The maximum atomic E-state index is 13.2. The van der Waals surface area contributed by atoms with E-state index in [0.29, 0.717) is 42.9 Å². The highest BCUT2D eigenvalue weighted by Crippen LogP contribution is 2.30. The quantitative estimate of drug-likeness (QED) is 0.686. The third-order valence-corrected chi connectivity index (χ3v) is 4.93. The first-order chi connectivity index (χ1) is 13.6. The number of methoxy groups -OCH3 is 1. The van der Waals surface area contributed by atoms with Crippen molar-refractivity contribution in [2.45, 2.75) is 19.3 Å². The fraction of sp³-hybridized carbons (Fsp3) is 0.333. The zero-order valence-electron chi connectivity index (χ0n) is 15.6.